The number of halogens is 2. The summed E-state index contributed by atoms with van der Waals surface area (Å²) in [5.74, 6) is -1.78. The van der Waals surface area contributed by atoms with Gasteiger partial charge in [-0.15, -0.1) is 0 Å². The van der Waals surface area contributed by atoms with Gasteiger partial charge in [0.1, 0.15) is 16.6 Å². The molecule has 1 atom stereocenters. The van der Waals surface area contributed by atoms with Crippen molar-refractivity contribution in [1.82, 2.24) is 15.3 Å². The van der Waals surface area contributed by atoms with Gasteiger partial charge in [-0.05, 0) is 34.6 Å². The number of dihydropyridines is 1. The molecular weight excluding hydrogens is 381 g/mol. The zero-order valence-corrected chi connectivity index (χ0v) is 16.9. The van der Waals surface area contributed by atoms with Gasteiger partial charge in [0, 0.05) is 11.4 Å². The van der Waals surface area contributed by atoms with Gasteiger partial charge in [0.2, 0.25) is 0 Å². The second kappa shape index (κ2) is 7.32. The molecule has 1 aromatic heterocycles. The molecule has 0 bridgehead atoms. The Morgan fingerprint density at radius 3 is 2.04 bits per heavy atom. The SMILES string of the molecule is COC(=O)C1=C(C)NC(C)=C(C(=O)OC(C)(C)C)C1c1nc(Cl)c(Cl)[nH]1. The van der Waals surface area contributed by atoms with E-state index in [0.29, 0.717) is 11.4 Å². The summed E-state index contributed by atoms with van der Waals surface area (Å²) in [6.45, 7) is 8.70. The van der Waals surface area contributed by atoms with E-state index >= 15 is 0 Å². The number of carbonyl (C=O) groups is 2. The predicted octanol–water partition coefficient (Wildman–Crippen LogP) is 3.47. The summed E-state index contributed by atoms with van der Waals surface area (Å²) in [6.07, 6.45) is 0. The molecule has 0 saturated carbocycles. The van der Waals surface area contributed by atoms with Gasteiger partial charge in [-0.3, -0.25) is 0 Å². The largest absolute Gasteiger partial charge is 0.466 e. The first-order chi connectivity index (χ1) is 12.0. The lowest BCUT2D eigenvalue weighted by Crippen LogP contribution is -2.35. The fourth-order valence-electron chi connectivity index (χ4n) is 2.74. The number of hydrogen-bond acceptors (Lipinski definition) is 6. The van der Waals surface area contributed by atoms with Crippen LogP contribution < -0.4 is 5.32 Å². The molecule has 2 heterocycles. The van der Waals surface area contributed by atoms with Gasteiger partial charge in [0.15, 0.2) is 5.15 Å². The summed E-state index contributed by atoms with van der Waals surface area (Å²) in [5.41, 5.74) is 0.817. The van der Waals surface area contributed by atoms with Crippen LogP contribution in [-0.4, -0.2) is 34.6 Å². The first kappa shape index (κ1) is 20.3. The van der Waals surface area contributed by atoms with Crippen molar-refractivity contribution in [2.24, 2.45) is 0 Å². The van der Waals surface area contributed by atoms with E-state index in [2.05, 4.69) is 15.3 Å². The number of H-pyrrole nitrogens is 1. The molecule has 2 rings (SSSR count). The van der Waals surface area contributed by atoms with Crippen LogP contribution in [0.3, 0.4) is 0 Å². The number of hydrogen-bond donors (Lipinski definition) is 2. The number of esters is 2. The fraction of sp³-hybridized carbons (Fsp3) is 0.471. The molecule has 1 aromatic rings. The highest BCUT2D eigenvalue weighted by Crippen LogP contribution is 2.39. The lowest BCUT2D eigenvalue weighted by molar-refractivity contribution is -0.150. The molecule has 0 spiro atoms. The first-order valence-corrected chi connectivity index (χ1v) is 8.63. The monoisotopic (exact) mass is 401 g/mol. The van der Waals surface area contributed by atoms with Gasteiger partial charge >= 0.3 is 11.9 Å². The summed E-state index contributed by atoms with van der Waals surface area (Å²) in [5, 5.41) is 3.19. The third-order valence-electron chi connectivity index (χ3n) is 3.70. The smallest absolute Gasteiger partial charge is 0.337 e. The van der Waals surface area contributed by atoms with Gasteiger partial charge in [0.05, 0.1) is 24.2 Å². The third-order valence-corrected chi connectivity index (χ3v) is 4.34. The standard InChI is InChI=1S/C17H21Cl2N3O4/c1-7-9(15(23)25-6)11(14-21-12(18)13(19)22-14)10(8(2)20-7)16(24)26-17(3,4)5/h11,20H,1-6H3,(H,21,22). The van der Waals surface area contributed by atoms with Crippen LogP contribution in [0.4, 0.5) is 0 Å². The van der Waals surface area contributed by atoms with Gasteiger partial charge in [0.25, 0.3) is 0 Å². The van der Waals surface area contributed by atoms with E-state index in [1.807, 2.05) is 0 Å². The Morgan fingerprint density at radius 2 is 1.62 bits per heavy atom. The maximum absolute atomic E-state index is 12.9. The summed E-state index contributed by atoms with van der Waals surface area (Å²) in [7, 11) is 1.26. The molecule has 1 unspecified atom stereocenters. The molecule has 2 N–H and O–H groups in total. The number of imidazole rings is 1. The lowest BCUT2D eigenvalue weighted by atomic mass is 9.84. The van der Waals surface area contributed by atoms with Crippen molar-refractivity contribution < 1.29 is 19.1 Å². The van der Waals surface area contributed by atoms with Gasteiger partial charge in [-0.1, -0.05) is 23.2 Å². The highest BCUT2D eigenvalue weighted by molar-refractivity contribution is 6.40. The van der Waals surface area contributed by atoms with Crippen molar-refractivity contribution in [1.29, 1.82) is 0 Å². The van der Waals surface area contributed by atoms with Crippen LogP contribution >= 0.6 is 23.2 Å². The van der Waals surface area contributed by atoms with Crippen LogP contribution in [0.1, 0.15) is 46.4 Å². The molecule has 9 heteroatoms. The van der Waals surface area contributed by atoms with E-state index in [1.165, 1.54) is 7.11 Å². The number of allylic oxidation sites excluding steroid dienone is 2. The third kappa shape index (κ3) is 4.04. The molecule has 0 fully saturated rings. The van der Waals surface area contributed by atoms with Gasteiger partial charge in [-0.2, -0.15) is 0 Å². The summed E-state index contributed by atoms with van der Waals surface area (Å²) in [4.78, 5) is 32.3. The topological polar surface area (TPSA) is 93.3 Å². The van der Waals surface area contributed by atoms with E-state index < -0.39 is 23.5 Å². The Labute approximate surface area is 161 Å². The molecule has 142 valence electrons. The molecule has 0 amide bonds. The Bertz CT molecular complexity index is 799. The zero-order chi connectivity index (χ0) is 19.8. The number of ether oxygens (including phenoxy) is 2. The van der Waals surface area contributed by atoms with Crippen LogP contribution in [0.5, 0.6) is 0 Å². The number of methoxy groups -OCH3 is 1. The molecular formula is C17H21Cl2N3O4. The minimum atomic E-state index is -0.858. The van der Waals surface area contributed by atoms with E-state index in [9.17, 15) is 9.59 Å². The van der Waals surface area contributed by atoms with Gasteiger partial charge in [-0.25, -0.2) is 14.6 Å². The second-order valence-electron chi connectivity index (χ2n) is 6.86. The van der Waals surface area contributed by atoms with E-state index in [1.54, 1.807) is 34.6 Å². The minimum Gasteiger partial charge on any atom is -0.466 e. The van der Waals surface area contributed by atoms with Crippen molar-refractivity contribution in [2.45, 2.75) is 46.1 Å². The highest BCUT2D eigenvalue weighted by Gasteiger charge is 2.40. The molecule has 7 nitrogen and oxygen atoms in total. The number of aromatic nitrogens is 2. The minimum absolute atomic E-state index is 0.0447. The highest BCUT2D eigenvalue weighted by atomic mass is 35.5. The second-order valence-corrected chi connectivity index (χ2v) is 7.59. The van der Waals surface area contributed by atoms with E-state index in [-0.39, 0.29) is 27.3 Å². The zero-order valence-electron chi connectivity index (χ0n) is 15.4. The van der Waals surface area contributed by atoms with Crippen LogP contribution in [0.15, 0.2) is 22.5 Å². The molecule has 0 radical (unpaired) electrons. The van der Waals surface area contributed by atoms with Crippen molar-refractivity contribution in [3.8, 4) is 0 Å². The van der Waals surface area contributed by atoms with Crippen molar-refractivity contribution in [3.05, 3.63) is 38.7 Å². The van der Waals surface area contributed by atoms with Crippen molar-refractivity contribution in [3.63, 3.8) is 0 Å². The fourth-order valence-corrected chi connectivity index (χ4v) is 3.01. The van der Waals surface area contributed by atoms with Gasteiger partial charge < -0.3 is 19.8 Å². The normalized spacial score (nSPS) is 17.9. The Kier molecular flexibility index (Phi) is 5.73. The van der Waals surface area contributed by atoms with E-state index in [0.717, 1.165) is 0 Å². The molecule has 1 aliphatic heterocycles. The molecule has 0 aliphatic carbocycles. The maximum atomic E-state index is 12.9. The quantitative estimate of drug-likeness (QED) is 0.753. The van der Waals surface area contributed by atoms with E-state index in [4.69, 9.17) is 32.7 Å². The van der Waals surface area contributed by atoms with Crippen LogP contribution in [0.25, 0.3) is 0 Å². The predicted molar refractivity (Wildman–Crippen MR) is 97.7 cm³/mol. The Balaban J connectivity index is 2.65. The molecule has 26 heavy (non-hydrogen) atoms. The van der Waals surface area contributed by atoms with Crippen LogP contribution in [0, 0.1) is 0 Å². The average molecular weight is 402 g/mol. The number of nitrogens with one attached hydrogen (secondary N) is 2. The van der Waals surface area contributed by atoms with Crippen LogP contribution in [-0.2, 0) is 19.1 Å². The molecule has 1 aliphatic rings. The Morgan fingerprint density at radius 1 is 1.08 bits per heavy atom. The first-order valence-electron chi connectivity index (χ1n) is 7.87. The number of aromatic amines is 1. The van der Waals surface area contributed by atoms with Crippen molar-refractivity contribution >= 4 is 35.1 Å². The Hall–Kier alpha value is -1.99. The number of nitrogens with zero attached hydrogens (tertiary/aromatic N) is 1. The maximum Gasteiger partial charge on any atom is 0.337 e. The summed E-state index contributed by atoms with van der Waals surface area (Å²) >= 11 is 11.9. The van der Waals surface area contributed by atoms with Crippen molar-refractivity contribution in [2.75, 3.05) is 7.11 Å². The molecule has 0 saturated heterocycles. The molecule has 0 aromatic carbocycles. The lowest BCUT2D eigenvalue weighted by Gasteiger charge is -2.30. The number of rotatable bonds is 3. The average Bonchev–Trinajstić information content (AvgIpc) is 2.83. The summed E-state index contributed by atoms with van der Waals surface area (Å²) in [6, 6.07) is 0. The number of carbonyl (C=O) groups excluding carboxylic acids is 2. The summed E-state index contributed by atoms with van der Waals surface area (Å²) < 4.78 is 10.4. The van der Waals surface area contributed by atoms with Crippen LogP contribution in [0.2, 0.25) is 10.3 Å².